The SMILES string of the molecule is CC(C(=O)Nc1cc2nc(-c3cnn(C)c3)ccc2cn1)N1CCCC1. The molecule has 0 spiro atoms. The number of nitrogens with zero attached hydrogens (tertiary/aromatic N) is 5. The van der Waals surface area contributed by atoms with Crippen molar-refractivity contribution in [3.8, 4) is 11.3 Å². The molecular formula is C19H22N6O. The number of rotatable bonds is 4. The Labute approximate surface area is 152 Å². The Morgan fingerprint density at radius 3 is 2.77 bits per heavy atom. The van der Waals surface area contributed by atoms with Gasteiger partial charge in [-0.15, -0.1) is 0 Å². The molecule has 0 aromatic carbocycles. The van der Waals surface area contributed by atoms with E-state index in [1.54, 1.807) is 17.1 Å². The summed E-state index contributed by atoms with van der Waals surface area (Å²) in [6.07, 6.45) is 7.77. The third-order valence-corrected chi connectivity index (χ3v) is 4.89. The van der Waals surface area contributed by atoms with Crippen molar-refractivity contribution in [3.05, 3.63) is 36.8 Å². The number of anilines is 1. The maximum atomic E-state index is 12.5. The second-order valence-corrected chi connectivity index (χ2v) is 6.77. The van der Waals surface area contributed by atoms with Gasteiger partial charge >= 0.3 is 0 Å². The maximum Gasteiger partial charge on any atom is 0.242 e. The summed E-state index contributed by atoms with van der Waals surface area (Å²) in [5.74, 6) is 0.506. The van der Waals surface area contributed by atoms with E-state index in [1.807, 2.05) is 38.4 Å². The quantitative estimate of drug-likeness (QED) is 0.782. The molecule has 26 heavy (non-hydrogen) atoms. The van der Waals surface area contributed by atoms with Crippen LogP contribution in [-0.4, -0.2) is 49.7 Å². The fourth-order valence-electron chi connectivity index (χ4n) is 3.32. The number of aryl methyl sites for hydroxylation is 1. The highest BCUT2D eigenvalue weighted by Crippen LogP contribution is 2.22. The first-order valence-corrected chi connectivity index (χ1v) is 8.91. The number of hydrogen-bond donors (Lipinski definition) is 1. The zero-order valence-electron chi connectivity index (χ0n) is 15.0. The van der Waals surface area contributed by atoms with E-state index in [-0.39, 0.29) is 11.9 Å². The van der Waals surface area contributed by atoms with Gasteiger partial charge in [0.1, 0.15) is 5.82 Å². The molecule has 0 bridgehead atoms. The topological polar surface area (TPSA) is 75.9 Å². The van der Waals surface area contributed by atoms with Crippen molar-refractivity contribution < 1.29 is 4.79 Å². The largest absolute Gasteiger partial charge is 0.309 e. The van der Waals surface area contributed by atoms with Crippen LogP contribution >= 0.6 is 0 Å². The number of amides is 1. The van der Waals surface area contributed by atoms with Crippen molar-refractivity contribution in [2.24, 2.45) is 7.05 Å². The molecule has 1 aliphatic rings. The third kappa shape index (κ3) is 3.30. The lowest BCUT2D eigenvalue weighted by Gasteiger charge is -2.22. The predicted octanol–water partition coefficient (Wildman–Crippen LogP) is 2.45. The maximum absolute atomic E-state index is 12.5. The molecule has 7 nitrogen and oxygen atoms in total. The summed E-state index contributed by atoms with van der Waals surface area (Å²) in [5, 5.41) is 8.05. The fourth-order valence-corrected chi connectivity index (χ4v) is 3.32. The number of fused-ring (bicyclic) bond motifs is 1. The van der Waals surface area contributed by atoms with E-state index in [0.29, 0.717) is 5.82 Å². The van der Waals surface area contributed by atoms with Gasteiger partial charge in [-0.25, -0.2) is 9.97 Å². The fraction of sp³-hybridized carbons (Fsp3) is 0.368. The summed E-state index contributed by atoms with van der Waals surface area (Å²) in [4.78, 5) is 23.8. The normalized spacial score (nSPS) is 16.1. The van der Waals surface area contributed by atoms with Crippen molar-refractivity contribution in [2.45, 2.75) is 25.8 Å². The molecule has 1 aliphatic heterocycles. The Morgan fingerprint density at radius 2 is 2.04 bits per heavy atom. The van der Waals surface area contributed by atoms with Crippen LogP contribution in [0.15, 0.2) is 36.8 Å². The molecule has 1 saturated heterocycles. The van der Waals surface area contributed by atoms with Gasteiger partial charge in [0.15, 0.2) is 0 Å². The van der Waals surface area contributed by atoms with Crippen LogP contribution in [0.3, 0.4) is 0 Å². The van der Waals surface area contributed by atoms with Gasteiger partial charge in [-0.05, 0) is 45.0 Å². The number of carbonyl (C=O) groups excluding carboxylic acids is 1. The first-order valence-electron chi connectivity index (χ1n) is 8.91. The summed E-state index contributed by atoms with van der Waals surface area (Å²) in [7, 11) is 1.88. The monoisotopic (exact) mass is 350 g/mol. The lowest BCUT2D eigenvalue weighted by Crippen LogP contribution is -2.40. The number of nitrogens with one attached hydrogen (secondary N) is 1. The van der Waals surface area contributed by atoms with Gasteiger partial charge in [0.2, 0.25) is 5.91 Å². The molecule has 134 valence electrons. The molecule has 0 aliphatic carbocycles. The average Bonchev–Trinajstić information content (AvgIpc) is 3.32. The van der Waals surface area contributed by atoms with Crippen LogP contribution < -0.4 is 5.32 Å². The highest BCUT2D eigenvalue weighted by Gasteiger charge is 2.24. The summed E-state index contributed by atoms with van der Waals surface area (Å²) >= 11 is 0. The van der Waals surface area contributed by atoms with E-state index in [4.69, 9.17) is 4.98 Å². The zero-order valence-corrected chi connectivity index (χ0v) is 15.0. The highest BCUT2D eigenvalue weighted by molar-refractivity contribution is 5.95. The van der Waals surface area contributed by atoms with Crippen molar-refractivity contribution in [1.29, 1.82) is 0 Å². The van der Waals surface area contributed by atoms with Gasteiger partial charge in [-0.3, -0.25) is 14.4 Å². The van der Waals surface area contributed by atoms with Gasteiger partial charge in [-0.1, -0.05) is 0 Å². The van der Waals surface area contributed by atoms with Crippen LogP contribution in [0, 0.1) is 0 Å². The molecule has 0 radical (unpaired) electrons. The molecule has 1 amide bonds. The van der Waals surface area contributed by atoms with E-state index in [9.17, 15) is 4.79 Å². The number of carbonyl (C=O) groups is 1. The van der Waals surface area contributed by atoms with Crippen molar-refractivity contribution in [2.75, 3.05) is 18.4 Å². The number of hydrogen-bond acceptors (Lipinski definition) is 5. The zero-order chi connectivity index (χ0) is 18.1. The van der Waals surface area contributed by atoms with Gasteiger partial charge in [-0.2, -0.15) is 5.10 Å². The lowest BCUT2D eigenvalue weighted by atomic mass is 10.2. The molecule has 7 heteroatoms. The lowest BCUT2D eigenvalue weighted by molar-refractivity contribution is -0.120. The van der Waals surface area contributed by atoms with Crippen LogP contribution in [0.1, 0.15) is 19.8 Å². The van der Waals surface area contributed by atoms with Gasteiger partial charge in [0, 0.05) is 36.5 Å². The van der Waals surface area contributed by atoms with Crippen LogP contribution in [0.25, 0.3) is 22.2 Å². The molecule has 1 N–H and O–H groups in total. The predicted molar refractivity (Wildman–Crippen MR) is 101 cm³/mol. The van der Waals surface area contributed by atoms with E-state index in [0.717, 1.165) is 48.1 Å². The minimum absolute atomic E-state index is 0.0258. The molecule has 4 rings (SSSR count). The van der Waals surface area contributed by atoms with Crippen molar-refractivity contribution >= 4 is 22.6 Å². The van der Waals surface area contributed by atoms with Crippen LogP contribution in [0.5, 0.6) is 0 Å². The Morgan fingerprint density at radius 1 is 1.23 bits per heavy atom. The Kier molecular flexibility index (Phi) is 4.38. The third-order valence-electron chi connectivity index (χ3n) is 4.89. The van der Waals surface area contributed by atoms with Crippen LogP contribution in [0.4, 0.5) is 5.82 Å². The van der Waals surface area contributed by atoms with Gasteiger partial charge < -0.3 is 5.32 Å². The van der Waals surface area contributed by atoms with E-state index in [2.05, 4.69) is 20.3 Å². The summed E-state index contributed by atoms with van der Waals surface area (Å²) < 4.78 is 1.75. The number of likely N-dealkylation sites (tertiary alicyclic amines) is 1. The first kappa shape index (κ1) is 16.7. The van der Waals surface area contributed by atoms with Gasteiger partial charge in [0.25, 0.3) is 0 Å². The minimum atomic E-state index is -0.148. The molecule has 3 aromatic heterocycles. The summed E-state index contributed by atoms with van der Waals surface area (Å²) in [6, 6.07) is 5.61. The smallest absolute Gasteiger partial charge is 0.242 e. The average molecular weight is 350 g/mol. The van der Waals surface area contributed by atoms with Crippen LogP contribution in [-0.2, 0) is 11.8 Å². The summed E-state index contributed by atoms with van der Waals surface area (Å²) in [5.41, 5.74) is 2.60. The van der Waals surface area contributed by atoms with E-state index < -0.39 is 0 Å². The second kappa shape index (κ2) is 6.84. The number of aromatic nitrogens is 4. The Balaban J connectivity index is 1.57. The molecule has 4 heterocycles. The van der Waals surface area contributed by atoms with Crippen LogP contribution in [0.2, 0.25) is 0 Å². The standard InChI is InChI=1S/C19H22N6O/c1-13(25-7-3-4-8-25)19(26)23-18-9-17-14(10-20-18)5-6-16(22-17)15-11-21-24(2)12-15/h5-6,9-13H,3-4,7-8H2,1-2H3,(H,20,23,26). The van der Waals surface area contributed by atoms with Crippen molar-refractivity contribution in [1.82, 2.24) is 24.6 Å². The molecule has 0 saturated carbocycles. The molecule has 1 unspecified atom stereocenters. The Hall–Kier alpha value is -2.80. The molecule has 3 aromatic rings. The Bertz CT molecular complexity index is 944. The second-order valence-electron chi connectivity index (χ2n) is 6.77. The van der Waals surface area contributed by atoms with E-state index in [1.165, 1.54) is 0 Å². The highest BCUT2D eigenvalue weighted by atomic mass is 16.2. The first-order chi connectivity index (χ1) is 12.6. The summed E-state index contributed by atoms with van der Waals surface area (Å²) in [6.45, 7) is 3.91. The van der Waals surface area contributed by atoms with E-state index >= 15 is 0 Å². The van der Waals surface area contributed by atoms with Gasteiger partial charge in [0.05, 0.1) is 23.4 Å². The minimum Gasteiger partial charge on any atom is -0.309 e. The molecule has 1 atom stereocenters. The molecule has 1 fully saturated rings. The number of pyridine rings is 2. The van der Waals surface area contributed by atoms with Crippen molar-refractivity contribution in [3.63, 3.8) is 0 Å². The molecular weight excluding hydrogens is 328 g/mol.